The summed E-state index contributed by atoms with van der Waals surface area (Å²) in [5.74, 6) is 0. The number of hydrogen-bond acceptors (Lipinski definition) is 1. The SMILES string of the molecule is CC(C)(C)[C@@H](N[S@](=O)C(C)(C)C)c1ccccc1P(C1CCCCC1)C1CCCCC1. The zero-order chi connectivity index (χ0) is 22.6. The molecule has 0 amide bonds. The topological polar surface area (TPSA) is 29.1 Å². The van der Waals surface area contributed by atoms with Crippen LogP contribution in [0.4, 0.5) is 0 Å². The molecule has 2 saturated carbocycles. The van der Waals surface area contributed by atoms with Crippen LogP contribution in [0.3, 0.4) is 0 Å². The Morgan fingerprint density at radius 1 is 0.839 bits per heavy atom. The van der Waals surface area contributed by atoms with Gasteiger partial charge in [0.2, 0.25) is 0 Å². The fraction of sp³-hybridized carbons (Fsp3) is 0.778. The van der Waals surface area contributed by atoms with E-state index in [0.717, 1.165) is 11.3 Å². The molecule has 1 N–H and O–H groups in total. The van der Waals surface area contributed by atoms with E-state index >= 15 is 0 Å². The van der Waals surface area contributed by atoms with Gasteiger partial charge in [0.05, 0.1) is 15.7 Å². The molecule has 2 aliphatic carbocycles. The largest absolute Gasteiger partial charge is 0.242 e. The van der Waals surface area contributed by atoms with Gasteiger partial charge >= 0.3 is 0 Å². The molecule has 0 radical (unpaired) electrons. The van der Waals surface area contributed by atoms with Crippen molar-refractivity contribution in [1.29, 1.82) is 0 Å². The average molecular weight is 464 g/mol. The van der Waals surface area contributed by atoms with Crippen LogP contribution < -0.4 is 10.0 Å². The second-order valence-corrected chi connectivity index (χ2v) is 16.6. The van der Waals surface area contributed by atoms with E-state index in [1.807, 2.05) is 0 Å². The fourth-order valence-corrected chi connectivity index (χ4v) is 10.4. The summed E-state index contributed by atoms with van der Waals surface area (Å²) in [7, 11) is -1.27. The highest BCUT2D eigenvalue weighted by Gasteiger charge is 2.37. The summed E-state index contributed by atoms with van der Waals surface area (Å²) < 4.78 is 16.5. The first-order valence-electron chi connectivity index (χ1n) is 12.6. The maximum atomic E-state index is 13.2. The molecule has 1 aromatic carbocycles. The Morgan fingerprint density at radius 3 is 1.77 bits per heavy atom. The van der Waals surface area contributed by atoms with Gasteiger partial charge in [0, 0.05) is 6.04 Å². The third-order valence-corrected chi connectivity index (χ3v) is 12.2. The third kappa shape index (κ3) is 6.64. The second kappa shape index (κ2) is 10.8. The van der Waals surface area contributed by atoms with Gasteiger partial charge in [-0.05, 0) is 74.1 Å². The Bertz CT molecular complexity index is 705. The molecule has 1 aromatic rings. The number of benzene rings is 1. The molecule has 2 nitrogen and oxygen atoms in total. The molecule has 0 unspecified atom stereocenters. The number of rotatable bonds is 6. The van der Waals surface area contributed by atoms with Crippen LogP contribution in [0.1, 0.15) is 117 Å². The summed E-state index contributed by atoms with van der Waals surface area (Å²) in [6.07, 6.45) is 14.1. The molecule has 176 valence electrons. The summed E-state index contributed by atoms with van der Waals surface area (Å²) in [6, 6.07) is 9.36. The van der Waals surface area contributed by atoms with Gasteiger partial charge in [-0.1, -0.05) is 91.5 Å². The highest BCUT2D eigenvalue weighted by Crippen LogP contribution is 2.56. The van der Waals surface area contributed by atoms with Crippen molar-refractivity contribution in [3.8, 4) is 0 Å². The minimum absolute atomic E-state index is 0.00283. The smallest absolute Gasteiger partial charge is 0.0976 e. The summed E-state index contributed by atoms with van der Waals surface area (Å²) >= 11 is 0. The van der Waals surface area contributed by atoms with Gasteiger partial charge in [0.15, 0.2) is 0 Å². The molecule has 31 heavy (non-hydrogen) atoms. The molecule has 0 aliphatic heterocycles. The molecule has 2 fully saturated rings. The Labute approximate surface area is 196 Å². The predicted molar refractivity (Wildman–Crippen MR) is 140 cm³/mol. The summed E-state index contributed by atoms with van der Waals surface area (Å²) in [5.41, 5.74) is 3.18. The Morgan fingerprint density at radius 2 is 1.32 bits per heavy atom. The predicted octanol–water partition coefficient (Wildman–Crippen LogP) is 7.60. The van der Waals surface area contributed by atoms with E-state index in [2.05, 4.69) is 70.5 Å². The lowest BCUT2D eigenvalue weighted by Crippen LogP contribution is -2.42. The fourth-order valence-electron chi connectivity index (χ4n) is 5.37. The van der Waals surface area contributed by atoms with Crippen LogP contribution in [0.15, 0.2) is 24.3 Å². The summed E-state index contributed by atoms with van der Waals surface area (Å²) in [5, 5.41) is 1.62. The number of hydrogen-bond donors (Lipinski definition) is 1. The zero-order valence-electron chi connectivity index (χ0n) is 20.9. The number of nitrogens with one attached hydrogen (secondary N) is 1. The normalized spacial score (nSPS) is 21.9. The van der Waals surface area contributed by atoms with Crippen LogP contribution in [0.2, 0.25) is 0 Å². The first kappa shape index (κ1) is 25.4. The molecule has 0 saturated heterocycles. The van der Waals surface area contributed by atoms with Gasteiger partial charge in [-0.2, -0.15) is 0 Å². The molecule has 0 bridgehead atoms. The Kier molecular flexibility index (Phi) is 8.84. The average Bonchev–Trinajstić information content (AvgIpc) is 2.73. The molecule has 4 heteroatoms. The lowest BCUT2D eigenvalue weighted by molar-refractivity contribution is 0.308. The minimum atomic E-state index is -1.09. The maximum absolute atomic E-state index is 13.2. The highest BCUT2D eigenvalue weighted by atomic mass is 32.2. The molecule has 2 atom stereocenters. The molecule has 0 spiro atoms. The monoisotopic (exact) mass is 463 g/mol. The van der Waals surface area contributed by atoms with Gasteiger partial charge in [0.25, 0.3) is 0 Å². The summed E-state index contributed by atoms with van der Waals surface area (Å²) in [6.45, 7) is 13.1. The second-order valence-electron chi connectivity index (χ2n) is 11.8. The van der Waals surface area contributed by atoms with Crippen LogP contribution in [0, 0.1) is 5.41 Å². The lowest BCUT2D eigenvalue weighted by Gasteiger charge is -2.42. The molecular weight excluding hydrogens is 417 g/mol. The van der Waals surface area contributed by atoms with Gasteiger partial charge in [-0.15, -0.1) is 0 Å². The van der Waals surface area contributed by atoms with E-state index in [-0.39, 0.29) is 24.1 Å². The molecule has 2 aliphatic rings. The molecule has 0 heterocycles. The quantitative estimate of drug-likeness (QED) is 0.432. The van der Waals surface area contributed by atoms with Crippen molar-refractivity contribution in [2.45, 2.75) is 128 Å². The van der Waals surface area contributed by atoms with Crippen LogP contribution >= 0.6 is 7.92 Å². The first-order chi connectivity index (χ1) is 14.6. The van der Waals surface area contributed by atoms with E-state index < -0.39 is 11.0 Å². The van der Waals surface area contributed by atoms with Crippen LogP contribution in [-0.2, 0) is 11.0 Å². The van der Waals surface area contributed by atoms with Gasteiger partial charge in [-0.25, -0.2) is 8.93 Å². The van der Waals surface area contributed by atoms with E-state index in [9.17, 15) is 4.21 Å². The molecular formula is C27H46NOPS. The minimum Gasteiger partial charge on any atom is -0.242 e. The third-order valence-electron chi connectivity index (χ3n) is 7.11. The van der Waals surface area contributed by atoms with E-state index in [4.69, 9.17) is 0 Å². The molecule has 3 rings (SSSR count). The van der Waals surface area contributed by atoms with E-state index in [1.54, 1.807) is 5.30 Å². The van der Waals surface area contributed by atoms with Crippen molar-refractivity contribution >= 4 is 24.2 Å². The highest BCUT2D eigenvalue weighted by molar-refractivity contribution is 7.84. The maximum Gasteiger partial charge on any atom is 0.0976 e. The van der Waals surface area contributed by atoms with Crippen molar-refractivity contribution in [2.75, 3.05) is 0 Å². The van der Waals surface area contributed by atoms with Crippen LogP contribution in [-0.4, -0.2) is 20.3 Å². The zero-order valence-corrected chi connectivity index (χ0v) is 22.6. The standard InChI is InChI=1S/C27H46NOPS/c1-26(2,3)25(28-31(29)27(4,5)6)23-19-13-14-20-24(23)30(21-15-9-7-10-16-21)22-17-11-8-12-18-22/h13-14,19-22,25,28H,7-12,15-18H2,1-6H3/t25-,31+/m0/s1. The Hall–Kier alpha value is -0.240. The van der Waals surface area contributed by atoms with Crippen LogP contribution in [0.5, 0.6) is 0 Å². The van der Waals surface area contributed by atoms with Crippen molar-refractivity contribution < 1.29 is 4.21 Å². The van der Waals surface area contributed by atoms with Crippen LogP contribution in [0.25, 0.3) is 0 Å². The summed E-state index contributed by atoms with van der Waals surface area (Å²) in [4.78, 5) is 0. The van der Waals surface area contributed by atoms with Gasteiger partial charge in [-0.3, -0.25) is 0 Å². The van der Waals surface area contributed by atoms with Crippen molar-refractivity contribution in [2.24, 2.45) is 5.41 Å². The van der Waals surface area contributed by atoms with Crippen molar-refractivity contribution in [3.05, 3.63) is 29.8 Å². The van der Waals surface area contributed by atoms with Crippen molar-refractivity contribution in [3.63, 3.8) is 0 Å². The van der Waals surface area contributed by atoms with Gasteiger partial charge < -0.3 is 0 Å². The first-order valence-corrected chi connectivity index (χ1v) is 15.3. The van der Waals surface area contributed by atoms with E-state index in [0.29, 0.717) is 0 Å². The van der Waals surface area contributed by atoms with E-state index in [1.165, 1.54) is 69.8 Å². The lowest BCUT2D eigenvalue weighted by atomic mass is 9.83. The van der Waals surface area contributed by atoms with Crippen molar-refractivity contribution in [1.82, 2.24) is 4.72 Å². The Balaban J connectivity index is 2.03. The molecule has 0 aromatic heterocycles. The van der Waals surface area contributed by atoms with Gasteiger partial charge in [0.1, 0.15) is 0 Å².